The minimum atomic E-state index is -0.378. The molecule has 8 heteroatoms. The second kappa shape index (κ2) is 8.63. The third kappa shape index (κ3) is 4.11. The Balaban J connectivity index is 1.74. The summed E-state index contributed by atoms with van der Waals surface area (Å²) in [5, 5.41) is 11.7. The van der Waals surface area contributed by atoms with Crippen LogP contribution in [-0.2, 0) is 9.53 Å². The van der Waals surface area contributed by atoms with Crippen molar-refractivity contribution in [3.63, 3.8) is 0 Å². The Morgan fingerprint density at radius 3 is 2.69 bits per heavy atom. The molecule has 0 spiro atoms. The Labute approximate surface area is 174 Å². The fraction of sp³-hybridized carbons (Fsp3) is 0.286. The monoisotopic (exact) mass is 411 g/mol. The average Bonchev–Trinajstić information content (AvgIpc) is 3.20. The number of nitrogens with zero attached hydrogens (tertiary/aromatic N) is 3. The Bertz CT molecular complexity index is 974. The second-order valence-electron chi connectivity index (χ2n) is 6.74. The number of pyridine rings is 1. The lowest BCUT2D eigenvalue weighted by atomic mass is 10.0. The highest BCUT2D eigenvalue weighted by atomic mass is 35.5. The van der Waals surface area contributed by atoms with Gasteiger partial charge in [0.15, 0.2) is 0 Å². The molecule has 2 N–H and O–H groups in total. The molecule has 150 valence electrons. The van der Waals surface area contributed by atoms with E-state index >= 15 is 0 Å². The molecule has 0 amide bonds. The number of carbonyl (C=O) groups is 1. The van der Waals surface area contributed by atoms with Crippen molar-refractivity contribution in [3.05, 3.63) is 53.8 Å². The van der Waals surface area contributed by atoms with Crippen LogP contribution < -0.4 is 10.2 Å². The number of rotatable bonds is 5. The van der Waals surface area contributed by atoms with Gasteiger partial charge in [-0.2, -0.15) is 5.10 Å². The number of H-pyrrole nitrogens is 1. The summed E-state index contributed by atoms with van der Waals surface area (Å²) in [7, 11) is 0. The third-order valence-electron chi connectivity index (χ3n) is 4.90. The lowest BCUT2D eigenvalue weighted by molar-refractivity contribution is -0.145. The van der Waals surface area contributed by atoms with Crippen LogP contribution in [0, 0.1) is 0 Å². The van der Waals surface area contributed by atoms with Crippen LogP contribution in [0.4, 0.5) is 5.82 Å². The van der Waals surface area contributed by atoms with E-state index in [0.29, 0.717) is 24.7 Å². The minimum absolute atomic E-state index is 0.236. The Hall–Kier alpha value is -2.90. The van der Waals surface area contributed by atoms with Crippen molar-refractivity contribution in [1.82, 2.24) is 20.5 Å². The van der Waals surface area contributed by atoms with Gasteiger partial charge in [-0.1, -0.05) is 23.7 Å². The van der Waals surface area contributed by atoms with Gasteiger partial charge in [0, 0.05) is 42.6 Å². The molecule has 29 heavy (non-hydrogen) atoms. The van der Waals surface area contributed by atoms with Crippen LogP contribution in [0.3, 0.4) is 0 Å². The van der Waals surface area contributed by atoms with E-state index in [1.807, 2.05) is 43.3 Å². The number of hydrogen-bond donors (Lipinski definition) is 2. The van der Waals surface area contributed by atoms with Gasteiger partial charge in [-0.3, -0.25) is 14.9 Å². The van der Waals surface area contributed by atoms with E-state index in [4.69, 9.17) is 16.3 Å². The van der Waals surface area contributed by atoms with E-state index in [9.17, 15) is 4.79 Å². The number of hydrogen-bond acceptors (Lipinski definition) is 6. The maximum absolute atomic E-state index is 12.2. The van der Waals surface area contributed by atoms with Gasteiger partial charge in [0.2, 0.25) is 0 Å². The van der Waals surface area contributed by atoms with E-state index in [1.54, 1.807) is 12.4 Å². The molecule has 2 aromatic heterocycles. The highest BCUT2D eigenvalue weighted by Crippen LogP contribution is 2.38. The molecule has 0 aliphatic carbocycles. The molecule has 1 atom stereocenters. The van der Waals surface area contributed by atoms with Crippen LogP contribution in [0.15, 0.2) is 48.8 Å². The van der Waals surface area contributed by atoms with Crippen molar-refractivity contribution in [1.29, 1.82) is 0 Å². The van der Waals surface area contributed by atoms with E-state index in [1.165, 1.54) is 0 Å². The van der Waals surface area contributed by atoms with E-state index in [-0.39, 0.29) is 12.0 Å². The molecule has 1 aliphatic heterocycles. The van der Waals surface area contributed by atoms with Gasteiger partial charge in [0.25, 0.3) is 0 Å². The molecule has 0 radical (unpaired) electrons. The first-order chi connectivity index (χ1) is 14.2. The topological polar surface area (TPSA) is 83.1 Å². The van der Waals surface area contributed by atoms with Gasteiger partial charge < -0.3 is 15.0 Å². The largest absolute Gasteiger partial charge is 0.465 e. The van der Waals surface area contributed by atoms with Crippen molar-refractivity contribution < 1.29 is 9.53 Å². The summed E-state index contributed by atoms with van der Waals surface area (Å²) in [6.07, 6.45) is 3.52. The predicted molar refractivity (Wildman–Crippen MR) is 113 cm³/mol. The molecule has 1 aliphatic rings. The zero-order valence-corrected chi connectivity index (χ0v) is 16.8. The predicted octanol–water partition coefficient (Wildman–Crippen LogP) is 3.13. The third-order valence-corrected chi connectivity index (χ3v) is 5.15. The number of aromatic nitrogens is 3. The highest BCUT2D eigenvalue weighted by Gasteiger charge is 2.30. The molecular formula is C21H22ClN5O2. The molecule has 7 nitrogen and oxygen atoms in total. The first-order valence-corrected chi connectivity index (χ1v) is 9.95. The zero-order valence-electron chi connectivity index (χ0n) is 16.1. The van der Waals surface area contributed by atoms with Crippen molar-refractivity contribution in [3.8, 4) is 22.4 Å². The number of esters is 1. The standard InChI is InChI=1S/C21H22ClN5O2/c1-2-29-21(28)17-13-27(12-11-24-17)20-18(14-7-9-23-10-8-14)19(25-26-20)15-3-5-16(22)6-4-15/h3-10,17,24H,2,11-13H2,1H3,(H,25,26). The van der Waals surface area contributed by atoms with Crippen LogP contribution in [0.2, 0.25) is 5.02 Å². The first kappa shape index (κ1) is 19.4. The maximum Gasteiger partial charge on any atom is 0.324 e. The average molecular weight is 412 g/mol. The van der Waals surface area contributed by atoms with Crippen LogP contribution in [0.1, 0.15) is 6.92 Å². The fourth-order valence-corrected chi connectivity index (χ4v) is 3.65. The zero-order chi connectivity index (χ0) is 20.2. The van der Waals surface area contributed by atoms with Gasteiger partial charge >= 0.3 is 5.97 Å². The fourth-order valence-electron chi connectivity index (χ4n) is 3.52. The molecule has 4 rings (SSSR count). The highest BCUT2D eigenvalue weighted by molar-refractivity contribution is 6.30. The Kier molecular flexibility index (Phi) is 5.78. The van der Waals surface area contributed by atoms with Gasteiger partial charge in [-0.25, -0.2) is 0 Å². The number of nitrogens with one attached hydrogen (secondary N) is 2. The summed E-state index contributed by atoms with van der Waals surface area (Å²) in [6.45, 7) is 4.10. The molecule has 3 heterocycles. The van der Waals surface area contributed by atoms with E-state index in [0.717, 1.165) is 34.7 Å². The Morgan fingerprint density at radius 1 is 1.21 bits per heavy atom. The summed E-state index contributed by atoms with van der Waals surface area (Å²) < 4.78 is 5.19. The number of aromatic amines is 1. The summed E-state index contributed by atoms with van der Waals surface area (Å²) in [5.41, 5.74) is 3.76. The summed E-state index contributed by atoms with van der Waals surface area (Å²) in [5.74, 6) is 0.636. The number of anilines is 1. The van der Waals surface area contributed by atoms with Crippen LogP contribution in [0.25, 0.3) is 22.4 Å². The van der Waals surface area contributed by atoms with Crippen molar-refractivity contribution in [2.45, 2.75) is 13.0 Å². The molecular weight excluding hydrogens is 390 g/mol. The first-order valence-electron chi connectivity index (χ1n) is 9.57. The number of ether oxygens (including phenoxy) is 1. The van der Waals surface area contributed by atoms with Crippen molar-refractivity contribution in [2.75, 3.05) is 31.1 Å². The van der Waals surface area contributed by atoms with Crippen LogP contribution >= 0.6 is 11.6 Å². The van der Waals surface area contributed by atoms with Crippen molar-refractivity contribution >= 4 is 23.4 Å². The molecule has 1 unspecified atom stereocenters. The lowest BCUT2D eigenvalue weighted by Gasteiger charge is -2.33. The van der Waals surface area contributed by atoms with Gasteiger partial charge in [0.1, 0.15) is 17.6 Å². The summed E-state index contributed by atoms with van der Waals surface area (Å²) in [6, 6.07) is 11.1. The van der Waals surface area contributed by atoms with Crippen molar-refractivity contribution in [2.24, 2.45) is 0 Å². The number of piperazine rings is 1. The molecule has 0 bridgehead atoms. The molecule has 0 saturated carbocycles. The van der Waals surface area contributed by atoms with Crippen LogP contribution in [0.5, 0.6) is 0 Å². The molecule has 1 saturated heterocycles. The van der Waals surface area contributed by atoms with E-state index in [2.05, 4.69) is 25.4 Å². The van der Waals surface area contributed by atoms with Gasteiger partial charge in [-0.05, 0) is 36.8 Å². The Morgan fingerprint density at radius 2 is 1.97 bits per heavy atom. The second-order valence-corrected chi connectivity index (χ2v) is 7.18. The molecule has 1 aromatic carbocycles. The van der Waals surface area contributed by atoms with Gasteiger partial charge in [0.05, 0.1) is 12.2 Å². The number of benzene rings is 1. The van der Waals surface area contributed by atoms with Crippen LogP contribution in [-0.4, -0.2) is 53.4 Å². The summed E-state index contributed by atoms with van der Waals surface area (Å²) >= 11 is 6.06. The maximum atomic E-state index is 12.2. The number of carbonyl (C=O) groups excluding carboxylic acids is 1. The number of halogens is 1. The minimum Gasteiger partial charge on any atom is -0.465 e. The SMILES string of the molecule is CCOC(=O)C1CN(c2[nH]nc(-c3ccc(Cl)cc3)c2-c2ccncc2)CCN1. The van der Waals surface area contributed by atoms with Gasteiger partial charge in [-0.15, -0.1) is 0 Å². The summed E-state index contributed by atoms with van der Waals surface area (Å²) in [4.78, 5) is 18.5. The quantitative estimate of drug-likeness (QED) is 0.627. The lowest BCUT2D eigenvalue weighted by Crippen LogP contribution is -2.55. The molecule has 1 fully saturated rings. The molecule has 3 aromatic rings. The van der Waals surface area contributed by atoms with E-state index < -0.39 is 0 Å². The normalized spacial score (nSPS) is 16.6. The smallest absolute Gasteiger partial charge is 0.324 e.